The van der Waals surface area contributed by atoms with Gasteiger partial charge in [0, 0.05) is 38.4 Å². The number of carbonyl (C=O) groups excluding carboxylic acids is 2. The van der Waals surface area contributed by atoms with Crippen LogP contribution in [0.15, 0.2) is 24.3 Å². The summed E-state index contributed by atoms with van der Waals surface area (Å²) in [5.41, 5.74) is 1.23. The first-order valence-electron chi connectivity index (χ1n) is 7.74. The summed E-state index contributed by atoms with van der Waals surface area (Å²) in [5.74, 6) is 0.976. The number of carbonyl (C=O) groups is 2. The fraction of sp³-hybridized carbons (Fsp3) is 0.529. The standard InChI is InChI=1S/C17H25N3O2/c1-12-8-13(2)11-20(10-12)17(22)18-15-7-5-6-14(9-15)16(21)19(3)4/h5-7,9,12-13H,8,10-11H2,1-4H3,(H,18,22)/t12-,13+. The molecule has 5 nitrogen and oxygen atoms in total. The van der Waals surface area contributed by atoms with Gasteiger partial charge in [-0.2, -0.15) is 0 Å². The largest absolute Gasteiger partial charge is 0.345 e. The second-order valence-corrected chi connectivity index (χ2v) is 6.56. The van der Waals surface area contributed by atoms with E-state index in [0.717, 1.165) is 19.5 Å². The molecule has 2 atom stereocenters. The van der Waals surface area contributed by atoms with Crippen LogP contribution in [0.5, 0.6) is 0 Å². The lowest BCUT2D eigenvalue weighted by molar-refractivity contribution is 0.0827. The van der Waals surface area contributed by atoms with Crippen LogP contribution in [0.2, 0.25) is 0 Å². The van der Waals surface area contributed by atoms with Gasteiger partial charge >= 0.3 is 6.03 Å². The van der Waals surface area contributed by atoms with E-state index in [-0.39, 0.29) is 11.9 Å². The molecule has 1 aliphatic rings. The third-order valence-corrected chi connectivity index (χ3v) is 3.92. The Bertz CT molecular complexity index is 547. The van der Waals surface area contributed by atoms with Gasteiger partial charge in [-0.25, -0.2) is 4.79 Å². The first-order valence-corrected chi connectivity index (χ1v) is 7.74. The molecule has 0 bridgehead atoms. The molecule has 1 fully saturated rings. The summed E-state index contributed by atoms with van der Waals surface area (Å²) in [6.07, 6.45) is 1.16. The first-order chi connectivity index (χ1) is 10.4. The maximum absolute atomic E-state index is 12.4. The summed E-state index contributed by atoms with van der Waals surface area (Å²) in [6.45, 7) is 5.91. The number of rotatable bonds is 2. The Hall–Kier alpha value is -2.04. The fourth-order valence-corrected chi connectivity index (χ4v) is 3.02. The van der Waals surface area contributed by atoms with Crippen molar-refractivity contribution in [3.05, 3.63) is 29.8 Å². The van der Waals surface area contributed by atoms with Gasteiger partial charge in [-0.3, -0.25) is 4.79 Å². The summed E-state index contributed by atoms with van der Waals surface area (Å²) >= 11 is 0. The summed E-state index contributed by atoms with van der Waals surface area (Å²) in [5, 5.41) is 2.90. The summed E-state index contributed by atoms with van der Waals surface area (Å²) < 4.78 is 0. The number of amides is 3. The molecule has 1 aliphatic heterocycles. The van der Waals surface area contributed by atoms with Crippen LogP contribution in [-0.4, -0.2) is 48.9 Å². The normalized spacial score (nSPS) is 21.4. The minimum Gasteiger partial charge on any atom is -0.345 e. The number of benzene rings is 1. The number of likely N-dealkylation sites (tertiary alicyclic amines) is 1. The predicted molar refractivity (Wildman–Crippen MR) is 88.0 cm³/mol. The number of urea groups is 1. The molecule has 1 aromatic carbocycles. The highest BCUT2D eigenvalue weighted by Crippen LogP contribution is 2.22. The lowest BCUT2D eigenvalue weighted by atomic mass is 9.92. The SMILES string of the molecule is C[C@@H]1C[C@H](C)CN(C(=O)Nc2cccc(C(=O)N(C)C)c2)C1. The molecular weight excluding hydrogens is 278 g/mol. The molecule has 1 N–H and O–H groups in total. The van der Waals surface area contributed by atoms with Crippen molar-refractivity contribution in [2.45, 2.75) is 20.3 Å². The van der Waals surface area contributed by atoms with E-state index < -0.39 is 0 Å². The number of hydrogen-bond donors (Lipinski definition) is 1. The van der Waals surface area contributed by atoms with Gasteiger partial charge in [0.2, 0.25) is 0 Å². The molecule has 0 aromatic heterocycles. The van der Waals surface area contributed by atoms with Crippen molar-refractivity contribution < 1.29 is 9.59 Å². The Labute approximate surface area is 132 Å². The summed E-state index contributed by atoms with van der Waals surface area (Å²) in [6, 6.07) is 6.97. The molecular formula is C17H25N3O2. The van der Waals surface area contributed by atoms with E-state index in [2.05, 4.69) is 19.2 Å². The second kappa shape index (κ2) is 6.81. The van der Waals surface area contributed by atoms with E-state index in [0.29, 0.717) is 23.1 Å². The van der Waals surface area contributed by atoms with Crippen molar-refractivity contribution in [1.82, 2.24) is 9.80 Å². The maximum atomic E-state index is 12.4. The molecule has 1 aromatic rings. The molecule has 0 saturated carbocycles. The van der Waals surface area contributed by atoms with Gasteiger partial charge in [0.05, 0.1) is 0 Å². The van der Waals surface area contributed by atoms with Gasteiger partial charge < -0.3 is 15.1 Å². The van der Waals surface area contributed by atoms with Gasteiger partial charge in [0.1, 0.15) is 0 Å². The van der Waals surface area contributed by atoms with Crippen molar-refractivity contribution >= 4 is 17.6 Å². The Morgan fingerprint density at radius 2 is 1.82 bits per heavy atom. The molecule has 5 heteroatoms. The zero-order valence-electron chi connectivity index (χ0n) is 13.8. The van der Waals surface area contributed by atoms with Crippen molar-refractivity contribution in [3.63, 3.8) is 0 Å². The van der Waals surface area contributed by atoms with Crippen LogP contribution < -0.4 is 5.32 Å². The Morgan fingerprint density at radius 3 is 2.41 bits per heavy atom. The van der Waals surface area contributed by atoms with Gasteiger partial charge in [0.15, 0.2) is 0 Å². The van der Waals surface area contributed by atoms with Crippen LogP contribution in [0.1, 0.15) is 30.6 Å². The van der Waals surface area contributed by atoms with Crippen LogP contribution in [0.25, 0.3) is 0 Å². The average Bonchev–Trinajstić information content (AvgIpc) is 2.45. The molecule has 0 unspecified atom stereocenters. The zero-order valence-corrected chi connectivity index (χ0v) is 13.8. The molecule has 0 aliphatic carbocycles. The number of nitrogens with one attached hydrogen (secondary N) is 1. The van der Waals surface area contributed by atoms with Gasteiger partial charge in [0.25, 0.3) is 5.91 Å². The lowest BCUT2D eigenvalue weighted by Crippen LogP contribution is -2.44. The predicted octanol–water partition coefficient (Wildman–Crippen LogP) is 2.90. The third kappa shape index (κ3) is 4.00. The van der Waals surface area contributed by atoms with E-state index in [1.807, 2.05) is 4.90 Å². The van der Waals surface area contributed by atoms with Crippen LogP contribution in [0.4, 0.5) is 10.5 Å². The first kappa shape index (κ1) is 16.3. The van der Waals surface area contributed by atoms with Gasteiger partial charge in [-0.15, -0.1) is 0 Å². The van der Waals surface area contributed by atoms with Crippen LogP contribution in [-0.2, 0) is 0 Å². The number of piperidine rings is 1. The van der Waals surface area contributed by atoms with E-state index in [9.17, 15) is 9.59 Å². The molecule has 3 amide bonds. The number of nitrogens with zero attached hydrogens (tertiary/aromatic N) is 2. The fourth-order valence-electron chi connectivity index (χ4n) is 3.02. The topological polar surface area (TPSA) is 52.7 Å². The average molecular weight is 303 g/mol. The molecule has 0 radical (unpaired) electrons. The smallest absolute Gasteiger partial charge is 0.321 e. The highest BCUT2D eigenvalue weighted by atomic mass is 16.2. The highest BCUT2D eigenvalue weighted by Gasteiger charge is 2.25. The monoisotopic (exact) mass is 303 g/mol. The van der Waals surface area contributed by atoms with Crippen LogP contribution in [0, 0.1) is 11.8 Å². The summed E-state index contributed by atoms with van der Waals surface area (Å²) in [4.78, 5) is 27.7. The Kier molecular flexibility index (Phi) is 5.06. The minimum absolute atomic E-state index is 0.0729. The van der Waals surface area contributed by atoms with Crippen molar-refractivity contribution in [2.24, 2.45) is 11.8 Å². The third-order valence-electron chi connectivity index (χ3n) is 3.92. The van der Waals surface area contributed by atoms with E-state index >= 15 is 0 Å². The van der Waals surface area contributed by atoms with Crippen molar-refractivity contribution in [1.29, 1.82) is 0 Å². The van der Waals surface area contributed by atoms with E-state index in [1.165, 1.54) is 4.90 Å². The van der Waals surface area contributed by atoms with Crippen LogP contribution in [0.3, 0.4) is 0 Å². The van der Waals surface area contributed by atoms with Crippen molar-refractivity contribution in [2.75, 3.05) is 32.5 Å². The highest BCUT2D eigenvalue weighted by molar-refractivity contribution is 5.96. The Balaban J connectivity index is 2.05. The quantitative estimate of drug-likeness (QED) is 0.913. The van der Waals surface area contributed by atoms with Crippen molar-refractivity contribution in [3.8, 4) is 0 Å². The summed E-state index contributed by atoms with van der Waals surface area (Å²) in [7, 11) is 3.42. The molecule has 1 saturated heterocycles. The van der Waals surface area contributed by atoms with Gasteiger partial charge in [-0.1, -0.05) is 19.9 Å². The molecule has 22 heavy (non-hydrogen) atoms. The molecule has 1 heterocycles. The molecule has 0 spiro atoms. The van der Waals surface area contributed by atoms with Gasteiger partial charge in [-0.05, 0) is 36.5 Å². The Morgan fingerprint density at radius 1 is 1.18 bits per heavy atom. The zero-order chi connectivity index (χ0) is 16.3. The molecule has 2 rings (SSSR count). The number of hydrogen-bond acceptors (Lipinski definition) is 2. The van der Waals surface area contributed by atoms with Crippen LogP contribution >= 0.6 is 0 Å². The molecule has 120 valence electrons. The minimum atomic E-state index is -0.0900. The lowest BCUT2D eigenvalue weighted by Gasteiger charge is -2.34. The maximum Gasteiger partial charge on any atom is 0.321 e. The number of anilines is 1. The second-order valence-electron chi connectivity index (χ2n) is 6.56. The van der Waals surface area contributed by atoms with E-state index in [1.54, 1.807) is 38.4 Å². The van der Waals surface area contributed by atoms with E-state index in [4.69, 9.17) is 0 Å².